The molecule has 2 atom stereocenters. The fourth-order valence-electron chi connectivity index (χ4n) is 3.22. The number of hydrogen-bond donors (Lipinski definition) is 1. The second-order valence-electron chi connectivity index (χ2n) is 5.47. The largest absolute Gasteiger partial charge is 0.323 e. The molecule has 2 N–H and O–H groups in total. The third-order valence-corrected chi connectivity index (χ3v) is 4.36. The Morgan fingerprint density at radius 2 is 2.00 bits per heavy atom. The molecular weight excluding hydrogens is 230 g/mol. The molecule has 98 valence electrons. The van der Waals surface area contributed by atoms with Gasteiger partial charge in [-0.05, 0) is 41.5 Å². The lowest BCUT2D eigenvalue weighted by Crippen LogP contribution is -2.18. The summed E-state index contributed by atoms with van der Waals surface area (Å²) in [7, 11) is 0. The molecule has 0 aliphatic heterocycles. The van der Waals surface area contributed by atoms with Gasteiger partial charge in [0, 0.05) is 12.0 Å². The highest BCUT2D eigenvalue weighted by Crippen LogP contribution is 2.40. The van der Waals surface area contributed by atoms with Gasteiger partial charge in [-0.25, -0.2) is 0 Å². The normalized spacial score (nSPS) is 19.2. The summed E-state index contributed by atoms with van der Waals surface area (Å²) in [5, 5.41) is 0. The Morgan fingerprint density at radius 1 is 1.16 bits per heavy atom. The highest BCUT2D eigenvalue weighted by atomic mass is 14.7. The molecule has 0 amide bonds. The van der Waals surface area contributed by atoms with E-state index in [9.17, 15) is 0 Å². The van der Waals surface area contributed by atoms with Gasteiger partial charge in [-0.1, -0.05) is 55.5 Å². The van der Waals surface area contributed by atoms with Crippen molar-refractivity contribution in [3.8, 4) is 0 Å². The van der Waals surface area contributed by atoms with Crippen molar-refractivity contribution < 1.29 is 0 Å². The monoisotopic (exact) mass is 251 g/mol. The summed E-state index contributed by atoms with van der Waals surface area (Å²) in [6.45, 7) is 2.19. The van der Waals surface area contributed by atoms with Crippen molar-refractivity contribution >= 4 is 0 Å². The van der Waals surface area contributed by atoms with E-state index in [1.54, 1.807) is 0 Å². The lowest BCUT2D eigenvalue weighted by atomic mass is 9.88. The zero-order chi connectivity index (χ0) is 13.2. The summed E-state index contributed by atoms with van der Waals surface area (Å²) < 4.78 is 0. The highest BCUT2D eigenvalue weighted by molar-refractivity contribution is 5.38. The van der Waals surface area contributed by atoms with Crippen molar-refractivity contribution in [3.63, 3.8) is 0 Å². The maximum Gasteiger partial charge on any atom is 0.0364 e. The van der Waals surface area contributed by atoms with Gasteiger partial charge in [0.25, 0.3) is 0 Å². The van der Waals surface area contributed by atoms with Crippen LogP contribution in [0.2, 0.25) is 0 Å². The number of nitrogens with two attached hydrogens (primary N) is 1. The first-order chi connectivity index (χ1) is 9.29. The predicted molar refractivity (Wildman–Crippen MR) is 80.3 cm³/mol. The Balaban J connectivity index is 1.90. The molecule has 3 rings (SSSR count). The third kappa shape index (κ3) is 2.31. The minimum Gasteiger partial charge on any atom is -0.323 e. The van der Waals surface area contributed by atoms with Crippen LogP contribution >= 0.6 is 0 Å². The van der Waals surface area contributed by atoms with E-state index < -0.39 is 0 Å². The Labute approximate surface area is 115 Å². The summed E-state index contributed by atoms with van der Waals surface area (Å²) in [5.74, 6) is 0.475. The molecule has 1 heteroatoms. The molecule has 1 nitrogen and oxygen atoms in total. The number of hydrogen-bond acceptors (Lipinski definition) is 1. The zero-order valence-electron chi connectivity index (χ0n) is 11.5. The standard InChI is InChI=1S/C18H21N/c1-2-13-6-5-8-15(12-13)18(19)17-11-10-14-7-3-4-9-16(14)17/h3-9,12,17-18H,2,10-11,19H2,1H3. The van der Waals surface area contributed by atoms with Gasteiger partial charge < -0.3 is 5.73 Å². The van der Waals surface area contributed by atoms with Gasteiger partial charge in [-0.2, -0.15) is 0 Å². The molecule has 0 saturated carbocycles. The van der Waals surface area contributed by atoms with E-state index in [1.807, 2.05) is 0 Å². The summed E-state index contributed by atoms with van der Waals surface area (Å²) >= 11 is 0. The van der Waals surface area contributed by atoms with Crippen molar-refractivity contribution in [1.29, 1.82) is 0 Å². The van der Waals surface area contributed by atoms with Crippen LogP contribution < -0.4 is 5.73 Å². The van der Waals surface area contributed by atoms with Crippen molar-refractivity contribution in [2.24, 2.45) is 5.73 Å². The second-order valence-corrected chi connectivity index (χ2v) is 5.47. The van der Waals surface area contributed by atoms with Crippen molar-refractivity contribution in [2.45, 2.75) is 38.1 Å². The van der Waals surface area contributed by atoms with Crippen molar-refractivity contribution in [2.75, 3.05) is 0 Å². The van der Waals surface area contributed by atoms with Crippen molar-refractivity contribution in [1.82, 2.24) is 0 Å². The van der Waals surface area contributed by atoms with E-state index in [-0.39, 0.29) is 6.04 Å². The number of aryl methyl sites for hydroxylation is 2. The highest BCUT2D eigenvalue weighted by Gasteiger charge is 2.28. The van der Waals surface area contributed by atoms with Gasteiger partial charge in [0.2, 0.25) is 0 Å². The Morgan fingerprint density at radius 3 is 2.84 bits per heavy atom. The summed E-state index contributed by atoms with van der Waals surface area (Å²) in [4.78, 5) is 0. The first kappa shape index (κ1) is 12.4. The summed E-state index contributed by atoms with van der Waals surface area (Å²) in [6.07, 6.45) is 3.42. The molecule has 2 unspecified atom stereocenters. The third-order valence-electron chi connectivity index (χ3n) is 4.36. The maximum absolute atomic E-state index is 6.54. The molecule has 19 heavy (non-hydrogen) atoms. The first-order valence-electron chi connectivity index (χ1n) is 7.22. The molecule has 2 aromatic carbocycles. The molecule has 0 spiro atoms. The van der Waals surface area contributed by atoms with Gasteiger partial charge in [0.15, 0.2) is 0 Å². The molecule has 1 aliphatic rings. The van der Waals surface area contributed by atoms with Gasteiger partial charge in [-0.3, -0.25) is 0 Å². The lowest BCUT2D eigenvalue weighted by molar-refractivity contribution is 0.550. The molecule has 0 saturated heterocycles. The quantitative estimate of drug-likeness (QED) is 0.877. The van der Waals surface area contributed by atoms with Crippen LogP contribution in [-0.2, 0) is 12.8 Å². The van der Waals surface area contributed by atoms with Gasteiger partial charge >= 0.3 is 0 Å². The van der Waals surface area contributed by atoms with E-state index in [1.165, 1.54) is 35.1 Å². The van der Waals surface area contributed by atoms with Crippen LogP contribution in [0.1, 0.15) is 47.6 Å². The molecular formula is C18H21N. The smallest absolute Gasteiger partial charge is 0.0364 e. The van der Waals surface area contributed by atoms with Crippen LogP contribution in [-0.4, -0.2) is 0 Å². The summed E-state index contributed by atoms with van der Waals surface area (Å²) in [6, 6.07) is 17.6. The van der Waals surface area contributed by atoms with E-state index in [0.717, 1.165) is 6.42 Å². The molecule has 0 bridgehead atoms. The molecule has 0 fully saturated rings. The average molecular weight is 251 g/mol. The minimum atomic E-state index is 0.121. The van der Waals surface area contributed by atoms with Crippen LogP contribution in [0.25, 0.3) is 0 Å². The Bertz CT molecular complexity index is 573. The van der Waals surface area contributed by atoms with E-state index in [4.69, 9.17) is 5.73 Å². The van der Waals surface area contributed by atoms with Crippen LogP contribution in [0.3, 0.4) is 0 Å². The van der Waals surface area contributed by atoms with E-state index in [2.05, 4.69) is 55.5 Å². The lowest BCUT2D eigenvalue weighted by Gasteiger charge is -2.21. The van der Waals surface area contributed by atoms with Crippen LogP contribution in [0.4, 0.5) is 0 Å². The predicted octanol–water partition coefficient (Wildman–Crippen LogP) is 3.98. The van der Waals surface area contributed by atoms with E-state index >= 15 is 0 Å². The number of rotatable bonds is 3. The maximum atomic E-state index is 6.54. The van der Waals surface area contributed by atoms with Crippen LogP contribution in [0.15, 0.2) is 48.5 Å². The topological polar surface area (TPSA) is 26.0 Å². The summed E-state index contributed by atoms with van der Waals surface area (Å²) in [5.41, 5.74) is 12.1. The van der Waals surface area contributed by atoms with Gasteiger partial charge in [0.05, 0.1) is 0 Å². The molecule has 2 aromatic rings. The fourth-order valence-corrected chi connectivity index (χ4v) is 3.22. The Kier molecular flexibility index (Phi) is 3.39. The van der Waals surface area contributed by atoms with Gasteiger partial charge in [0.1, 0.15) is 0 Å². The minimum absolute atomic E-state index is 0.121. The van der Waals surface area contributed by atoms with Crippen molar-refractivity contribution in [3.05, 3.63) is 70.8 Å². The van der Waals surface area contributed by atoms with Gasteiger partial charge in [-0.15, -0.1) is 0 Å². The SMILES string of the molecule is CCc1cccc(C(N)C2CCc3ccccc32)c1. The molecule has 1 aliphatic carbocycles. The zero-order valence-corrected chi connectivity index (χ0v) is 11.5. The number of benzene rings is 2. The molecule has 0 heterocycles. The average Bonchev–Trinajstić information content (AvgIpc) is 2.90. The number of fused-ring (bicyclic) bond motifs is 1. The fraction of sp³-hybridized carbons (Fsp3) is 0.333. The van der Waals surface area contributed by atoms with Crippen LogP contribution in [0, 0.1) is 0 Å². The molecule has 0 radical (unpaired) electrons. The molecule has 0 aromatic heterocycles. The Hall–Kier alpha value is -1.60. The van der Waals surface area contributed by atoms with Crippen LogP contribution in [0.5, 0.6) is 0 Å². The second kappa shape index (κ2) is 5.18. The van der Waals surface area contributed by atoms with E-state index in [0.29, 0.717) is 5.92 Å². The first-order valence-corrected chi connectivity index (χ1v) is 7.22.